The molecule has 0 saturated carbocycles. The Hall–Kier alpha value is -0.780. The van der Waals surface area contributed by atoms with E-state index in [2.05, 4.69) is 4.72 Å². The van der Waals surface area contributed by atoms with E-state index >= 15 is 0 Å². The van der Waals surface area contributed by atoms with Crippen LogP contribution in [-0.2, 0) is 10.9 Å². The molecule has 0 radical (unpaired) electrons. The molecule has 0 aliphatic heterocycles. The van der Waals surface area contributed by atoms with Crippen molar-refractivity contribution in [2.24, 2.45) is 0 Å². The quantitative estimate of drug-likeness (QED) is 0.636. The summed E-state index contributed by atoms with van der Waals surface area (Å²) in [5, 5.41) is -0.475. The average Bonchev–Trinajstić information content (AvgIpc) is 2.07. The number of thiol groups is 1. The first kappa shape index (κ1) is 11.3. The van der Waals surface area contributed by atoms with Gasteiger partial charge in [0.1, 0.15) is 0 Å². The zero-order valence-electron chi connectivity index (χ0n) is 6.66. The lowest BCUT2D eigenvalue weighted by molar-refractivity contribution is 0.108. The van der Waals surface area contributed by atoms with Crippen molar-refractivity contribution < 1.29 is 13.2 Å². The van der Waals surface area contributed by atoms with Crippen molar-refractivity contribution in [3.63, 3.8) is 0 Å². The second-order valence-corrected chi connectivity index (χ2v) is 3.83. The largest absolute Gasteiger partial charge is 0.284 e. The van der Waals surface area contributed by atoms with E-state index < -0.39 is 16.1 Å². The van der Waals surface area contributed by atoms with Crippen LogP contribution in [0.25, 0.3) is 0 Å². The molecule has 0 bridgehead atoms. The van der Waals surface area contributed by atoms with E-state index in [-0.39, 0.29) is 16.3 Å². The zero-order chi connectivity index (χ0) is 10.7. The van der Waals surface area contributed by atoms with Gasteiger partial charge in [-0.3, -0.25) is 9.52 Å². The number of benzene rings is 1. The molecule has 1 aromatic carbocycles. The Kier molecular flexibility index (Phi) is 3.74. The van der Waals surface area contributed by atoms with Crippen LogP contribution in [0.15, 0.2) is 18.2 Å². The molecule has 14 heavy (non-hydrogen) atoms. The SMILES string of the molecule is O=C(Cl)c1ccc(Cl)c(N[SH](=O)=O)c1. The number of hydrogen-bond donors (Lipinski definition) is 2. The van der Waals surface area contributed by atoms with Crippen LogP contribution in [0.2, 0.25) is 5.02 Å². The van der Waals surface area contributed by atoms with Gasteiger partial charge in [0, 0.05) is 5.56 Å². The Morgan fingerprint density at radius 3 is 2.50 bits per heavy atom. The van der Waals surface area contributed by atoms with E-state index in [0.29, 0.717) is 0 Å². The lowest BCUT2D eigenvalue weighted by atomic mass is 10.2. The first-order chi connectivity index (χ1) is 6.50. The molecule has 0 amide bonds. The summed E-state index contributed by atoms with van der Waals surface area (Å²) in [4.78, 5) is 10.7. The average molecular weight is 254 g/mol. The first-order valence-corrected chi connectivity index (χ1v) is 5.34. The Labute approximate surface area is 91.9 Å². The normalized spacial score (nSPS) is 10.2. The van der Waals surface area contributed by atoms with Crippen molar-refractivity contribution in [3.05, 3.63) is 28.8 Å². The molecule has 0 aromatic heterocycles. The van der Waals surface area contributed by atoms with Crippen LogP contribution in [0, 0.1) is 0 Å². The molecule has 76 valence electrons. The van der Waals surface area contributed by atoms with Crippen LogP contribution in [0.3, 0.4) is 0 Å². The summed E-state index contributed by atoms with van der Waals surface area (Å²) in [5.74, 6) is 0. The molecule has 0 aliphatic carbocycles. The van der Waals surface area contributed by atoms with Gasteiger partial charge in [-0.05, 0) is 29.8 Å². The minimum Gasteiger partial charge on any atom is -0.284 e. The van der Waals surface area contributed by atoms with Crippen molar-refractivity contribution >= 4 is 45.0 Å². The van der Waals surface area contributed by atoms with Gasteiger partial charge in [0.15, 0.2) is 0 Å². The van der Waals surface area contributed by atoms with Crippen molar-refractivity contribution in [3.8, 4) is 0 Å². The van der Waals surface area contributed by atoms with Gasteiger partial charge in [0.2, 0.25) is 10.9 Å². The Balaban J connectivity index is 3.14. The number of carbonyl (C=O) groups is 1. The third-order valence-corrected chi connectivity index (χ3v) is 2.38. The number of hydrogen-bond acceptors (Lipinski definition) is 3. The molecular weight excluding hydrogens is 249 g/mol. The predicted molar refractivity (Wildman–Crippen MR) is 55.6 cm³/mol. The highest BCUT2D eigenvalue weighted by Gasteiger charge is 2.06. The summed E-state index contributed by atoms with van der Waals surface area (Å²) in [6.45, 7) is 0. The summed E-state index contributed by atoms with van der Waals surface area (Å²) < 4.78 is 22.8. The van der Waals surface area contributed by atoms with Crippen molar-refractivity contribution in [1.29, 1.82) is 0 Å². The van der Waals surface area contributed by atoms with Crippen LogP contribution in [0.1, 0.15) is 10.4 Å². The number of rotatable bonds is 3. The van der Waals surface area contributed by atoms with Gasteiger partial charge in [0.25, 0.3) is 5.24 Å². The minimum absolute atomic E-state index is 0.134. The lowest BCUT2D eigenvalue weighted by Gasteiger charge is -2.02. The molecule has 0 aliphatic rings. The fourth-order valence-corrected chi connectivity index (χ4v) is 1.56. The van der Waals surface area contributed by atoms with Crippen LogP contribution < -0.4 is 4.72 Å². The molecule has 1 N–H and O–H groups in total. The van der Waals surface area contributed by atoms with Crippen molar-refractivity contribution in [2.45, 2.75) is 0 Å². The summed E-state index contributed by atoms with van der Waals surface area (Å²) in [6, 6.07) is 4.06. The third kappa shape index (κ3) is 2.87. The fourth-order valence-electron chi connectivity index (χ4n) is 0.832. The van der Waals surface area contributed by atoms with Crippen LogP contribution in [0.5, 0.6) is 0 Å². The second-order valence-electron chi connectivity index (χ2n) is 2.34. The Bertz CT molecular complexity index is 437. The lowest BCUT2D eigenvalue weighted by Crippen LogP contribution is -1.98. The highest BCUT2D eigenvalue weighted by molar-refractivity contribution is 7.73. The van der Waals surface area contributed by atoms with Crippen molar-refractivity contribution in [2.75, 3.05) is 4.72 Å². The molecule has 0 spiro atoms. The highest BCUT2D eigenvalue weighted by Crippen LogP contribution is 2.23. The molecule has 0 saturated heterocycles. The maximum Gasteiger partial charge on any atom is 0.252 e. The minimum atomic E-state index is -2.81. The topological polar surface area (TPSA) is 63.2 Å². The number of nitrogens with one attached hydrogen (secondary N) is 1. The maximum absolute atomic E-state index is 10.7. The molecule has 1 rings (SSSR count). The molecule has 0 unspecified atom stereocenters. The van der Waals surface area contributed by atoms with Gasteiger partial charge in [-0.1, -0.05) is 11.6 Å². The van der Waals surface area contributed by atoms with Crippen molar-refractivity contribution in [1.82, 2.24) is 0 Å². The van der Waals surface area contributed by atoms with E-state index in [1.165, 1.54) is 18.2 Å². The van der Waals surface area contributed by atoms with E-state index in [0.717, 1.165) is 0 Å². The predicted octanol–water partition coefficient (Wildman–Crippen LogP) is 1.66. The zero-order valence-corrected chi connectivity index (χ0v) is 9.07. The molecule has 0 heterocycles. The van der Waals surface area contributed by atoms with Crippen LogP contribution >= 0.6 is 23.2 Å². The fraction of sp³-hybridized carbons (Fsp3) is 0. The number of anilines is 1. The smallest absolute Gasteiger partial charge is 0.252 e. The Morgan fingerprint density at radius 1 is 1.36 bits per heavy atom. The molecule has 4 nitrogen and oxygen atoms in total. The molecule has 0 fully saturated rings. The third-order valence-electron chi connectivity index (χ3n) is 1.41. The molecule has 1 aromatic rings. The molecule has 7 heteroatoms. The number of halogens is 2. The van der Waals surface area contributed by atoms with E-state index in [1.807, 2.05) is 0 Å². The summed E-state index contributed by atoms with van der Waals surface area (Å²) in [6.07, 6.45) is 0. The van der Waals surface area contributed by atoms with E-state index in [1.54, 1.807) is 0 Å². The second kappa shape index (κ2) is 4.63. The molecular formula is C7H5Cl2NO3S. The van der Waals surface area contributed by atoms with Gasteiger partial charge >= 0.3 is 0 Å². The summed E-state index contributed by atoms with van der Waals surface area (Å²) >= 11 is 10.9. The Morgan fingerprint density at radius 2 is 2.00 bits per heavy atom. The molecule has 0 atom stereocenters. The summed E-state index contributed by atoms with van der Waals surface area (Å²) in [7, 11) is -2.81. The summed E-state index contributed by atoms with van der Waals surface area (Å²) in [5.41, 5.74) is 0.310. The van der Waals surface area contributed by atoms with Crippen LogP contribution in [0.4, 0.5) is 5.69 Å². The monoisotopic (exact) mass is 253 g/mol. The van der Waals surface area contributed by atoms with E-state index in [4.69, 9.17) is 23.2 Å². The first-order valence-electron chi connectivity index (χ1n) is 3.41. The maximum atomic E-state index is 10.7. The van der Waals surface area contributed by atoms with Gasteiger partial charge in [-0.15, -0.1) is 0 Å². The number of carbonyl (C=O) groups excluding carboxylic acids is 1. The standard InChI is InChI=1S/C7H5Cl2NO3S/c8-5-2-1-4(7(9)11)3-6(5)10-14(12)13/h1-3,14H,(H,10,12,13). The highest BCUT2D eigenvalue weighted by atomic mass is 35.5. The van der Waals surface area contributed by atoms with Gasteiger partial charge in [-0.25, -0.2) is 8.42 Å². The van der Waals surface area contributed by atoms with Gasteiger partial charge < -0.3 is 0 Å². The van der Waals surface area contributed by atoms with Crippen LogP contribution in [-0.4, -0.2) is 13.7 Å². The van der Waals surface area contributed by atoms with E-state index in [9.17, 15) is 13.2 Å². The van der Waals surface area contributed by atoms with Gasteiger partial charge in [0.05, 0.1) is 10.7 Å². The van der Waals surface area contributed by atoms with Gasteiger partial charge in [-0.2, -0.15) is 0 Å².